The molecule has 9 heteroatoms. The van der Waals surface area contributed by atoms with Crippen molar-refractivity contribution in [2.75, 3.05) is 13.2 Å². The molecule has 7 nitrogen and oxygen atoms in total. The predicted molar refractivity (Wildman–Crippen MR) is 114 cm³/mol. The van der Waals surface area contributed by atoms with E-state index in [1.54, 1.807) is 12.3 Å². The molecule has 2 aromatic rings. The van der Waals surface area contributed by atoms with Crippen LogP contribution in [-0.2, 0) is 33.4 Å². The van der Waals surface area contributed by atoms with E-state index in [9.17, 15) is 18.5 Å². The van der Waals surface area contributed by atoms with E-state index in [-0.39, 0.29) is 18.1 Å². The Morgan fingerprint density at radius 3 is 2.83 bits per heavy atom. The molecule has 2 atom stereocenters. The van der Waals surface area contributed by atoms with Gasteiger partial charge < -0.3 is 19.2 Å². The van der Waals surface area contributed by atoms with Gasteiger partial charge in [-0.3, -0.25) is 0 Å². The third-order valence-corrected chi connectivity index (χ3v) is 7.07. The summed E-state index contributed by atoms with van der Waals surface area (Å²) in [4.78, 5) is 0. The number of ether oxygens (including phenoxy) is 1. The Balaban J connectivity index is 1.50. The second kappa shape index (κ2) is 9.07. The van der Waals surface area contributed by atoms with E-state index in [0.717, 1.165) is 41.7 Å². The summed E-state index contributed by atoms with van der Waals surface area (Å²) in [5, 5.41) is 19.7. The fraction of sp³-hybridized carbons (Fsp3) is 0.429. The summed E-state index contributed by atoms with van der Waals surface area (Å²) in [6, 6.07) is 7.45. The van der Waals surface area contributed by atoms with E-state index >= 15 is 0 Å². The minimum atomic E-state index is -3.81. The van der Waals surface area contributed by atoms with Gasteiger partial charge in [-0.15, -0.1) is 0 Å². The molecule has 2 aliphatic rings. The molecule has 0 spiro atoms. The lowest BCUT2D eigenvalue weighted by atomic mass is 9.76. The first kappa shape index (κ1) is 21.3. The van der Waals surface area contributed by atoms with Crippen molar-refractivity contribution >= 4 is 23.2 Å². The third-order valence-electron chi connectivity index (χ3n) is 5.71. The number of hydrogen-bond donors (Lipinski definition) is 3. The highest BCUT2D eigenvalue weighted by molar-refractivity contribution is 7.88. The molecule has 160 valence electrons. The first-order valence-electron chi connectivity index (χ1n) is 10.2. The van der Waals surface area contributed by atoms with Crippen LogP contribution in [0.3, 0.4) is 0 Å². The minimum Gasteiger partial charge on any atom is -0.468 e. The van der Waals surface area contributed by atoms with Gasteiger partial charge in [0.15, 0.2) is 0 Å². The molecule has 1 fully saturated rings. The number of sulfonamides is 1. The molecule has 0 bridgehead atoms. The van der Waals surface area contributed by atoms with Gasteiger partial charge in [0.05, 0.1) is 24.6 Å². The fourth-order valence-corrected chi connectivity index (χ4v) is 5.60. The third kappa shape index (κ3) is 4.87. The van der Waals surface area contributed by atoms with Crippen LogP contribution in [0.25, 0.3) is 6.08 Å². The van der Waals surface area contributed by atoms with Crippen molar-refractivity contribution in [2.45, 2.75) is 43.3 Å². The summed E-state index contributed by atoms with van der Waals surface area (Å²) in [5.41, 5.74) is 3.33. The second-order valence-corrected chi connectivity index (χ2v) is 9.65. The quantitative estimate of drug-likeness (QED) is 0.550. The van der Waals surface area contributed by atoms with E-state index in [2.05, 4.69) is 4.72 Å². The molecule has 1 aromatic heterocycles. The smallest absolute Gasteiger partial charge is 0.468 e. The number of nitrogens with one attached hydrogen (secondary N) is 1. The molecule has 30 heavy (non-hydrogen) atoms. The minimum absolute atomic E-state index is 0.123. The van der Waals surface area contributed by atoms with Gasteiger partial charge in [0.2, 0.25) is 10.0 Å². The maximum atomic E-state index is 12.9. The van der Waals surface area contributed by atoms with Crippen LogP contribution in [0, 0.1) is 0 Å². The van der Waals surface area contributed by atoms with Gasteiger partial charge in [0.1, 0.15) is 5.76 Å². The van der Waals surface area contributed by atoms with E-state index in [4.69, 9.17) is 9.15 Å². The lowest BCUT2D eigenvalue weighted by Gasteiger charge is -2.19. The summed E-state index contributed by atoms with van der Waals surface area (Å²) >= 11 is 0. The zero-order valence-corrected chi connectivity index (χ0v) is 17.5. The standard InChI is InChI=1S/C21H26BNO6S/c24-22(25)21(11-17-13-29-20-8-4-3-7-19(17)20)23-30(26,27)14-16-5-1-2-6-18(16)15-9-10-28-12-15/h1-3,5-7,13,15,21,23-25H,4,8-12,14H2/t15?,21-/m0/s1. The Kier molecular flexibility index (Phi) is 6.45. The van der Waals surface area contributed by atoms with Crippen LogP contribution in [0.2, 0.25) is 0 Å². The van der Waals surface area contributed by atoms with Crippen molar-refractivity contribution < 1.29 is 27.6 Å². The second-order valence-electron chi connectivity index (χ2n) is 7.90. The molecule has 0 saturated carbocycles. The molecule has 1 aliphatic heterocycles. The number of furan rings is 1. The van der Waals surface area contributed by atoms with Gasteiger partial charge in [-0.05, 0) is 36.0 Å². The van der Waals surface area contributed by atoms with Crippen LogP contribution in [0.5, 0.6) is 0 Å². The molecule has 1 unspecified atom stereocenters. The van der Waals surface area contributed by atoms with Crippen LogP contribution in [-0.4, -0.2) is 44.7 Å². The highest BCUT2D eigenvalue weighted by Crippen LogP contribution is 2.29. The summed E-state index contributed by atoms with van der Waals surface area (Å²) < 4.78 is 39.3. The average Bonchev–Trinajstić information content (AvgIpc) is 3.38. The van der Waals surface area contributed by atoms with E-state index in [0.29, 0.717) is 18.8 Å². The molecule has 1 saturated heterocycles. The zero-order chi connectivity index (χ0) is 21.1. The Bertz CT molecular complexity index is 1010. The van der Waals surface area contributed by atoms with Gasteiger partial charge >= 0.3 is 7.12 Å². The normalized spacial score (nSPS) is 19.6. The van der Waals surface area contributed by atoms with Crippen molar-refractivity contribution in [3.05, 3.63) is 64.6 Å². The Morgan fingerprint density at radius 2 is 2.07 bits per heavy atom. The maximum absolute atomic E-state index is 12.9. The number of benzene rings is 1. The summed E-state index contributed by atoms with van der Waals surface area (Å²) in [6.07, 6.45) is 8.20. The lowest BCUT2D eigenvalue weighted by Crippen LogP contribution is -2.48. The highest BCUT2D eigenvalue weighted by Gasteiger charge is 2.31. The Labute approximate surface area is 177 Å². The van der Waals surface area contributed by atoms with Crippen LogP contribution in [0.4, 0.5) is 0 Å². The van der Waals surface area contributed by atoms with Crippen molar-refractivity contribution in [1.29, 1.82) is 0 Å². The van der Waals surface area contributed by atoms with Gasteiger partial charge in [0.25, 0.3) is 0 Å². The first-order valence-corrected chi connectivity index (χ1v) is 11.9. The first-order chi connectivity index (χ1) is 14.4. The van der Waals surface area contributed by atoms with E-state index < -0.39 is 23.1 Å². The molecule has 0 amide bonds. The van der Waals surface area contributed by atoms with Crippen LogP contribution >= 0.6 is 0 Å². The van der Waals surface area contributed by atoms with Gasteiger partial charge in [-0.2, -0.15) is 0 Å². The van der Waals surface area contributed by atoms with Gasteiger partial charge in [0, 0.05) is 24.5 Å². The largest absolute Gasteiger partial charge is 0.471 e. The van der Waals surface area contributed by atoms with E-state index in [1.165, 1.54) is 0 Å². The molecule has 3 N–H and O–H groups in total. The van der Waals surface area contributed by atoms with E-state index in [1.807, 2.05) is 30.4 Å². The topological polar surface area (TPSA) is 109 Å². The van der Waals surface area contributed by atoms with Crippen LogP contribution in [0.1, 0.15) is 46.8 Å². The number of hydrogen-bond acceptors (Lipinski definition) is 6. The lowest BCUT2D eigenvalue weighted by molar-refractivity contribution is 0.194. The summed E-state index contributed by atoms with van der Waals surface area (Å²) in [7, 11) is -5.65. The summed E-state index contributed by atoms with van der Waals surface area (Å²) in [6.45, 7) is 1.26. The molecule has 4 rings (SSSR count). The van der Waals surface area contributed by atoms with Gasteiger partial charge in [-0.25, -0.2) is 13.1 Å². The van der Waals surface area contributed by atoms with Gasteiger partial charge in [-0.1, -0.05) is 36.4 Å². The number of rotatable bonds is 8. The van der Waals surface area contributed by atoms with Crippen molar-refractivity contribution in [3.8, 4) is 0 Å². The monoisotopic (exact) mass is 431 g/mol. The Morgan fingerprint density at radius 1 is 1.23 bits per heavy atom. The van der Waals surface area contributed by atoms with Crippen LogP contribution < -0.4 is 4.72 Å². The van der Waals surface area contributed by atoms with Crippen LogP contribution in [0.15, 0.2) is 41.0 Å². The fourth-order valence-electron chi connectivity index (χ4n) is 4.18. The predicted octanol–water partition coefficient (Wildman–Crippen LogP) is 1.79. The molecular formula is C21H26BNO6S. The zero-order valence-electron chi connectivity index (χ0n) is 16.7. The molecule has 0 radical (unpaired) electrons. The molecule has 1 aliphatic carbocycles. The number of allylic oxidation sites excluding steroid dienone is 1. The summed E-state index contributed by atoms with van der Waals surface area (Å²) in [5.74, 6) is -0.283. The molecule has 2 heterocycles. The Hall–Kier alpha value is -1.91. The molecular weight excluding hydrogens is 405 g/mol. The number of aryl methyl sites for hydroxylation is 1. The maximum Gasteiger partial charge on any atom is 0.471 e. The van der Waals surface area contributed by atoms with Crippen molar-refractivity contribution in [2.24, 2.45) is 0 Å². The van der Waals surface area contributed by atoms with Crippen molar-refractivity contribution in [3.63, 3.8) is 0 Å². The average molecular weight is 431 g/mol. The molecule has 1 aromatic carbocycles. The van der Waals surface area contributed by atoms with Crippen molar-refractivity contribution in [1.82, 2.24) is 4.72 Å². The SMILES string of the molecule is O=S(=O)(Cc1ccccc1C1CCOC1)N[C@@H](Cc1coc2c1C=CCC2)B(O)O. The highest BCUT2D eigenvalue weighted by atomic mass is 32.2. The number of fused-ring (bicyclic) bond motifs is 1.